The van der Waals surface area contributed by atoms with E-state index >= 15 is 0 Å². The lowest BCUT2D eigenvalue weighted by molar-refractivity contribution is -0.0671. The molecule has 0 saturated heterocycles. The minimum Gasteiger partial charge on any atom is -0.359 e. The molecule has 4 heteroatoms. The molecule has 4 fully saturated rings. The maximum absolute atomic E-state index is 13.8. The van der Waals surface area contributed by atoms with E-state index in [1.165, 1.54) is 44.6 Å². The van der Waals surface area contributed by atoms with Gasteiger partial charge in [-0.25, -0.2) is 4.39 Å². The smallest absolute Gasteiger partial charge is 0.171 e. The summed E-state index contributed by atoms with van der Waals surface area (Å²) in [5.41, 5.74) is 0.845. The molecule has 0 spiro atoms. The fourth-order valence-corrected chi connectivity index (χ4v) is 6.07. The molecule has 4 aliphatic rings. The number of thiocarbonyl (C=S) groups is 1. The summed E-state index contributed by atoms with van der Waals surface area (Å²) in [6, 6.07) is 7.03. The number of para-hydroxylation sites is 1. The average Bonchev–Trinajstić information content (AvgIpc) is 2.48. The summed E-state index contributed by atoms with van der Waals surface area (Å²) in [6.45, 7) is 2.27. The van der Waals surface area contributed by atoms with E-state index in [1.54, 1.807) is 12.1 Å². The number of hydrogen-bond donors (Lipinski definition) is 2. The van der Waals surface area contributed by atoms with Crippen molar-refractivity contribution in [3.8, 4) is 0 Å². The Morgan fingerprint density at radius 3 is 2.26 bits per heavy atom. The molecular formula is C19H25FN2S. The maximum Gasteiger partial charge on any atom is 0.171 e. The van der Waals surface area contributed by atoms with Crippen LogP contribution in [0.15, 0.2) is 24.3 Å². The summed E-state index contributed by atoms with van der Waals surface area (Å²) >= 11 is 5.44. The van der Waals surface area contributed by atoms with Gasteiger partial charge in [0, 0.05) is 6.04 Å². The minimum absolute atomic E-state index is 0.265. The van der Waals surface area contributed by atoms with Gasteiger partial charge in [-0.2, -0.15) is 0 Å². The molecular weight excluding hydrogens is 307 g/mol. The van der Waals surface area contributed by atoms with Crippen LogP contribution in [0.5, 0.6) is 0 Å². The first-order valence-corrected chi connectivity index (χ1v) is 9.27. The van der Waals surface area contributed by atoms with Gasteiger partial charge in [0.15, 0.2) is 5.11 Å². The molecule has 0 unspecified atom stereocenters. The number of hydrogen-bond acceptors (Lipinski definition) is 1. The third kappa shape index (κ3) is 2.86. The second-order valence-corrected chi connectivity index (χ2v) is 8.49. The van der Waals surface area contributed by atoms with Crippen molar-refractivity contribution in [2.24, 2.45) is 23.2 Å². The standard InChI is InChI=1S/C19H25FN2S/c1-12(21-18(23)22-17-5-3-2-4-16(17)20)19-9-13-6-14(10-19)8-15(7-13)11-19/h2-5,12-15H,6-11H2,1H3,(H2,21,22,23)/t12-,13?,14?,15?,19?/m0/s1. The lowest BCUT2D eigenvalue weighted by Crippen LogP contribution is -2.56. The minimum atomic E-state index is -0.265. The van der Waals surface area contributed by atoms with Crippen LogP contribution in [-0.4, -0.2) is 11.2 Å². The zero-order chi connectivity index (χ0) is 16.0. The number of benzene rings is 1. The van der Waals surface area contributed by atoms with Gasteiger partial charge in [0.1, 0.15) is 5.82 Å². The van der Waals surface area contributed by atoms with Crippen LogP contribution in [0.25, 0.3) is 0 Å². The Labute approximate surface area is 143 Å². The lowest BCUT2D eigenvalue weighted by Gasteiger charge is -2.59. The van der Waals surface area contributed by atoms with E-state index in [-0.39, 0.29) is 5.82 Å². The largest absolute Gasteiger partial charge is 0.359 e. The number of rotatable bonds is 3. The SMILES string of the molecule is C[C@H](NC(=S)Nc1ccccc1F)C12CC3CC(CC(C3)C1)C2. The summed E-state index contributed by atoms with van der Waals surface area (Å²) in [5.74, 6) is 2.52. The summed E-state index contributed by atoms with van der Waals surface area (Å²) in [5, 5.41) is 7.02. The van der Waals surface area contributed by atoms with E-state index in [2.05, 4.69) is 17.6 Å². The summed E-state index contributed by atoms with van der Waals surface area (Å²) in [7, 11) is 0. The highest BCUT2D eigenvalue weighted by molar-refractivity contribution is 7.80. The van der Waals surface area contributed by atoms with Gasteiger partial charge in [-0.3, -0.25) is 0 Å². The maximum atomic E-state index is 13.8. The fourth-order valence-electron chi connectivity index (χ4n) is 5.78. The highest BCUT2D eigenvalue weighted by Gasteiger charge is 2.53. The Hall–Kier alpha value is -1.16. The normalized spacial score (nSPS) is 35.8. The van der Waals surface area contributed by atoms with Gasteiger partial charge in [-0.1, -0.05) is 12.1 Å². The zero-order valence-corrected chi connectivity index (χ0v) is 14.5. The third-order valence-electron chi connectivity index (χ3n) is 6.47. The van der Waals surface area contributed by atoms with E-state index < -0.39 is 0 Å². The quantitative estimate of drug-likeness (QED) is 0.783. The molecule has 2 N–H and O–H groups in total. The highest BCUT2D eigenvalue weighted by atomic mass is 32.1. The van der Waals surface area contributed by atoms with Crippen LogP contribution in [0.2, 0.25) is 0 Å². The number of halogens is 1. The molecule has 4 bridgehead atoms. The van der Waals surface area contributed by atoms with E-state index in [0.29, 0.717) is 22.3 Å². The Morgan fingerprint density at radius 2 is 1.70 bits per heavy atom. The molecule has 23 heavy (non-hydrogen) atoms. The van der Waals surface area contributed by atoms with Crippen LogP contribution in [0.3, 0.4) is 0 Å². The summed E-state index contributed by atoms with van der Waals surface area (Å²) < 4.78 is 13.8. The van der Waals surface area contributed by atoms with Crippen LogP contribution in [0.4, 0.5) is 10.1 Å². The first-order chi connectivity index (χ1) is 11.0. The van der Waals surface area contributed by atoms with Crippen LogP contribution < -0.4 is 10.6 Å². The van der Waals surface area contributed by atoms with Crippen LogP contribution in [-0.2, 0) is 0 Å². The third-order valence-corrected chi connectivity index (χ3v) is 6.69. The van der Waals surface area contributed by atoms with Crippen molar-refractivity contribution in [2.75, 3.05) is 5.32 Å². The first kappa shape index (κ1) is 15.4. The van der Waals surface area contributed by atoms with E-state index in [1.807, 2.05) is 6.07 Å². The average molecular weight is 332 g/mol. The predicted octanol–water partition coefficient (Wildman–Crippen LogP) is 4.72. The van der Waals surface area contributed by atoms with Gasteiger partial charge in [0.25, 0.3) is 0 Å². The molecule has 0 radical (unpaired) electrons. The van der Waals surface area contributed by atoms with Crippen molar-refractivity contribution < 1.29 is 4.39 Å². The zero-order valence-electron chi connectivity index (χ0n) is 13.6. The van der Waals surface area contributed by atoms with Gasteiger partial charge < -0.3 is 10.6 Å². The van der Waals surface area contributed by atoms with Crippen LogP contribution in [0.1, 0.15) is 45.4 Å². The van der Waals surface area contributed by atoms with E-state index in [0.717, 1.165) is 17.8 Å². The van der Waals surface area contributed by atoms with Gasteiger partial charge in [0.05, 0.1) is 5.69 Å². The molecule has 4 saturated carbocycles. The topological polar surface area (TPSA) is 24.1 Å². The Morgan fingerprint density at radius 1 is 1.13 bits per heavy atom. The molecule has 1 aromatic carbocycles. The van der Waals surface area contributed by atoms with Crippen molar-refractivity contribution in [1.29, 1.82) is 0 Å². The molecule has 4 aliphatic carbocycles. The van der Waals surface area contributed by atoms with Crippen molar-refractivity contribution in [2.45, 2.75) is 51.5 Å². The summed E-state index contributed by atoms with van der Waals surface area (Å²) in [6.07, 6.45) is 8.37. The monoisotopic (exact) mass is 332 g/mol. The van der Waals surface area contributed by atoms with E-state index in [9.17, 15) is 4.39 Å². The van der Waals surface area contributed by atoms with Crippen molar-refractivity contribution in [3.63, 3.8) is 0 Å². The van der Waals surface area contributed by atoms with Crippen molar-refractivity contribution in [1.82, 2.24) is 5.32 Å². The van der Waals surface area contributed by atoms with Crippen molar-refractivity contribution >= 4 is 23.0 Å². The lowest BCUT2D eigenvalue weighted by atomic mass is 9.48. The number of anilines is 1. The molecule has 124 valence electrons. The number of nitrogens with one attached hydrogen (secondary N) is 2. The van der Waals surface area contributed by atoms with Gasteiger partial charge >= 0.3 is 0 Å². The highest BCUT2D eigenvalue weighted by Crippen LogP contribution is 2.61. The second-order valence-electron chi connectivity index (χ2n) is 8.08. The molecule has 1 atom stereocenters. The molecule has 0 aromatic heterocycles. The Balaban J connectivity index is 1.43. The molecule has 5 rings (SSSR count). The molecule has 2 nitrogen and oxygen atoms in total. The van der Waals surface area contributed by atoms with Crippen molar-refractivity contribution in [3.05, 3.63) is 30.1 Å². The molecule has 0 amide bonds. The van der Waals surface area contributed by atoms with Gasteiger partial charge in [0.2, 0.25) is 0 Å². The molecule has 1 aromatic rings. The first-order valence-electron chi connectivity index (χ1n) is 8.86. The van der Waals surface area contributed by atoms with Crippen LogP contribution in [0, 0.1) is 29.0 Å². The second kappa shape index (κ2) is 5.73. The van der Waals surface area contributed by atoms with E-state index in [4.69, 9.17) is 12.2 Å². The predicted molar refractivity (Wildman–Crippen MR) is 95.8 cm³/mol. The van der Waals surface area contributed by atoms with Gasteiger partial charge in [-0.15, -0.1) is 0 Å². The molecule has 0 aliphatic heterocycles. The molecule has 0 heterocycles. The Bertz CT molecular complexity index is 580. The fraction of sp³-hybridized carbons (Fsp3) is 0.632. The summed E-state index contributed by atoms with van der Waals surface area (Å²) in [4.78, 5) is 0. The Kier molecular flexibility index (Phi) is 3.83. The van der Waals surface area contributed by atoms with Crippen LogP contribution >= 0.6 is 12.2 Å². The van der Waals surface area contributed by atoms with Gasteiger partial charge in [-0.05, 0) is 93.0 Å².